The van der Waals surface area contributed by atoms with Gasteiger partial charge in [0, 0.05) is 25.6 Å². The molecule has 3 rings (SSSR count). The first-order valence-electron chi connectivity index (χ1n) is 6.61. The number of rotatable bonds is 2. The van der Waals surface area contributed by atoms with E-state index in [4.69, 9.17) is 9.47 Å². The molecule has 0 N–H and O–H groups in total. The minimum Gasteiger partial charge on any atom is -0.378 e. The van der Waals surface area contributed by atoms with Crippen molar-refractivity contribution in [3.63, 3.8) is 0 Å². The zero-order valence-electron chi connectivity index (χ0n) is 10.9. The summed E-state index contributed by atoms with van der Waals surface area (Å²) in [5.41, 5.74) is 0.946. The number of carbonyl (C=O) groups is 1. The summed E-state index contributed by atoms with van der Waals surface area (Å²) in [6.45, 7) is 4.09. The van der Waals surface area contributed by atoms with E-state index in [9.17, 15) is 4.79 Å². The lowest BCUT2D eigenvalue weighted by atomic mass is 9.82. The highest BCUT2D eigenvalue weighted by Gasteiger charge is 2.43. The number of carbonyl (C=O) groups excluding carboxylic acids is 1. The monoisotopic (exact) mass is 344 g/mol. The van der Waals surface area contributed by atoms with Crippen LogP contribution in [0.4, 0.5) is 0 Å². The molecule has 2 saturated heterocycles. The molecule has 2 fully saturated rings. The van der Waals surface area contributed by atoms with Crippen LogP contribution >= 0.6 is 27.3 Å². The maximum absolute atomic E-state index is 12.6. The van der Waals surface area contributed by atoms with Gasteiger partial charge in [-0.2, -0.15) is 0 Å². The number of ketones is 1. The van der Waals surface area contributed by atoms with E-state index < -0.39 is 0 Å². The van der Waals surface area contributed by atoms with E-state index >= 15 is 0 Å². The van der Waals surface area contributed by atoms with Crippen molar-refractivity contribution in [2.75, 3.05) is 19.8 Å². The van der Waals surface area contributed by atoms with Crippen molar-refractivity contribution in [2.45, 2.75) is 31.8 Å². The zero-order chi connectivity index (χ0) is 13.5. The lowest BCUT2D eigenvalue weighted by Crippen LogP contribution is -2.42. The van der Waals surface area contributed by atoms with Crippen molar-refractivity contribution in [3.05, 3.63) is 20.3 Å². The second kappa shape index (κ2) is 5.28. The second-order valence-electron chi connectivity index (χ2n) is 5.46. The van der Waals surface area contributed by atoms with Crippen LogP contribution in [-0.4, -0.2) is 31.2 Å². The predicted molar refractivity (Wildman–Crippen MR) is 77.9 cm³/mol. The molecule has 2 atom stereocenters. The summed E-state index contributed by atoms with van der Waals surface area (Å²) in [7, 11) is 0. The van der Waals surface area contributed by atoms with E-state index in [1.807, 2.05) is 13.0 Å². The molecule has 0 bridgehead atoms. The minimum atomic E-state index is -0.192. The molecule has 3 heterocycles. The van der Waals surface area contributed by atoms with Crippen LogP contribution in [0.1, 0.15) is 34.5 Å². The number of aryl methyl sites for hydroxylation is 1. The van der Waals surface area contributed by atoms with Crippen molar-refractivity contribution in [3.8, 4) is 0 Å². The van der Waals surface area contributed by atoms with Gasteiger partial charge < -0.3 is 9.47 Å². The first kappa shape index (κ1) is 13.7. The van der Waals surface area contributed by atoms with E-state index in [0.717, 1.165) is 40.1 Å². The summed E-state index contributed by atoms with van der Waals surface area (Å²) < 4.78 is 12.4. The number of halogens is 1. The number of hydrogen-bond acceptors (Lipinski definition) is 4. The van der Waals surface area contributed by atoms with Gasteiger partial charge in [-0.1, -0.05) is 0 Å². The van der Waals surface area contributed by atoms with Gasteiger partial charge in [-0.05, 0) is 47.3 Å². The zero-order valence-corrected chi connectivity index (χ0v) is 13.3. The van der Waals surface area contributed by atoms with Crippen LogP contribution in [-0.2, 0) is 9.47 Å². The van der Waals surface area contributed by atoms with Crippen molar-refractivity contribution < 1.29 is 14.3 Å². The third-order valence-electron chi connectivity index (χ3n) is 4.03. The lowest BCUT2D eigenvalue weighted by Gasteiger charge is -2.36. The van der Waals surface area contributed by atoms with Crippen molar-refractivity contribution in [2.24, 2.45) is 5.92 Å². The normalized spacial score (nSPS) is 30.9. The Morgan fingerprint density at radius 3 is 3.00 bits per heavy atom. The molecule has 5 heteroatoms. The van der Waals surface area contributed by atoms with Crippen LogP contribution in [0.3, 0.4) is 0 Å². The molecule has 2 aliphatic rings. The second-order valence-corrected chi connectivity index (χ2v) is 7.83. The summed E-state index contributed by atoms with van der Waals surface area (Å²) in [6, 6.07) is 1.99. The fourth-order valence-electron chi connectivity index (χ4n) is 2.90. The molecule has 104 valence electrons. The Labute approximate surface area is 125 Å². The summed E-state index contributed by atoms with van der Waals surface area (Å²) in [4.78, 5) is 13.5. The van der Waals surface area contributed by atoms with Gasteiger partial charge in [0.2, 0.25) is 0 Å². The maximum atomic E-state index is 12.6. The van der Waals surface area contributed by atoms with E-state index in [0.29, 0.717) is 13.2 Å². The largest absolute Gasteiger partial charge is 0.378 e. The van der Waals surface area contributed by atoms with E-state index in [1.165, 1.54) is 0 Å². The summed E-state index contributed by atoms with van der Waals surface area (Å²) in [6.07, 6.45) is 2.56. The Morgan fingerprint density at radius 1 is 1.53 bits per heavy atom. The van der Waals surface area contributed by atoms with Gasteiger partial charge in [0.1, 0.15) is 0 Å². The molecule has 1 aromatic rings. The molecule has 2 aliphatic heterocycles. The Morgan fingerprint density at radius 2 is 2.37 bits per heavy atom. The van der Waals surface area contributed by atoms with Crippen LogP contribution in [0, 0.1) is 12.8 Å². The minimum absolute atomic E-state index is 0.0837. The molecular formula is C14H17BrO3S. The highest BCUT2D eigenvalue weighted by Crippen LogP contribution is 2.38. The van der Waals surface area contributed by atoms with Gasteiger partial charge in [0.25, 0.3) is 0 Å². The van der Waals surface area contributed by atoms with E-state index in [1.54, 1.807) is 11.3 Å². The van der Waals surface area contributed by atoms with Crippen LogP contribution in [0.25, 0.3) is 0 Å². The molecule has 1 spiro atoms. The quantitative estimate of drug-likeness (QED) is 0.769. The average Bonchev–Trinajstić information content (AvgIpc) is 2.97. The van der Waals surface area contributed by atoms with Crippen LogP contribution < -0.4 is 0 Å². The maximum Gasteiger partial charge on any atom is 0.176 e. The first-order chi connectivity index (χ1) is 9.10. The van der Waals surface area contributed by atoms with Gasteiger partial charge in [-0.25, -0.2) is 0 Å². The molecule has 0 radical (unpaired) electrons. The Hall–Kier alpha value is -0.230. The fraction of sp³-hybridized carbons (Fsp3) is 0.643. The number of thiophene rings is 1. The van der Waals surface area contributed by atoms with E-state index in [-0.39, 0.29) is 17.3 Å². The third kappa shape index (κ3) is 2.66. The highest BCUT2D eigenvalue weighted by atomic mass is 79.9. The van der Waals surface area contributed by atoms with Gasteiger partial charge in [-0.3, -0.25) is 4.79 Å². The number of hydrogen-bond donors (Lipinski definition) is 0. The van der Waals surface area contributed by atoms with E-state index in [2.05, 4.69) is 15.9 Å². The Balaban J connectivity index is 1.76. The van der Waals surface area contributed by atoms with Gasteiger partial charge >= 0.3 is 0 Å². The number of ether oxygens (including phenoxy) is 2. The van der Waals surface area contributed by atoms with Crippen molar-refractivity contribution in [1.29, 1.82) is 0 Å². The lowest BCUT2D eigenvalue weighted by molar-refractivity contribution is -0.0920. The average molecular weight is 345 g/mol. The molecular weight excluding hydrogens is 328 g/mol. The molecule has 0 aliphatic carbocycles. The first-order valence-corrected chi connectivity index (χ1v) is 8.22. The standard InChI is InChI=1S/C14H17BrO3S/c1-9-6-11(19-13(9)15)12(16)10-2-4-18-14(7-10)3-5-17-8-14/h6,10H,2-5,7-8H2,1H3. The Bertz CT molecular complexity index is 471. The van der Waals surface area contributed by atoms with Gasteiger partial charge in [0.15, 0.2) is 5.78 Å². The molecule has 3 nitrogen and oxygen atoms in total. The molecule has 2 unspecified atom stereocenters. The third-order valence-corrected chi connectivity index (χ3v) is 6.18. The molecule has 1 aromatic heterocycles. The molecule has 19 heavy (non-hydrogen) atoms. The van der Waals surface area contributed by atoms with Crippen LogP contribution in [0.5, 0.6) is 0 Å². The Kier molecular flexibility index (Phi) is 3.82. The van der Waals surface area contributed by atoms with Crippen LogP contribution in [0.2, 0.25) is 0 Å². The summed E-state index contributed by atoms with van der Waals surface area (Å²) >= 11 is 5.03. The SMILES string of the molecule is Cc1cc(C(=O)C2CCOC3(CCOC3)C2)sc1Br. The highest BCUT2D eigenvalue weighted by molar-refractivity contribution is 9.11. The van der Waals surface area contributed by atoms with Gasteiger partial charge in [0.05, 0.1) is 20.9 Å². The topological polar surface area (TPSA) is 35.5 Å². The van der Waals surface area contributed by atoms with Crippen molar-refractivity contribution >= 4 is 33.0 Å². The molecule has 0 amide bonds. The fourth-order valence-corrected chi connectivity index (χ4v) is 4.45. The van der Waals surface area contributed by atoms with Crippen LogP contribution in [0.15, 0.2) is 9.85 Å². The molecule has 0 saturated carbocycles. The predicted octanol–water partition coefficient (Wildman–Crippen LogP) is 3.59. The van der Waals surface area contributed by atoms with Crippen molar-refractivity contribution in [1.82, 2.24) is 0 Å². The number of Topliss-reactive ketones (excluding diaryl/α,β-unsaturated/α-hetero) is 1. The smallest absolute Gasteiger partial charge is 0.176 e. The molecule has 0 aromatic carbocycles. The summed E-state index contributed by atoms with van der Waals surface area (Å²) in [5.74, 6) is 0.355. The van der Waals surface area contributed by atoms with Gasteiger partial charge in [-0.15, -0.1) is 11.3 Å². The summed E-state index contributed by atoms with van der Waals surface area (Å²) in [5, 5.41) is 0.